The van der Waals surface area contributed by atoms with Gasteiger partial charge in [-0.25, -0.2) is 8.42 Å². The van der Waals surface area contributed by atoms with Crippen molar-refractivity contribution in [1.29, 1.82) is 0 Å². The summed E-state index contributed by atoms with van der Waals surface area (Å²) >= 11 is 0. The van der Waals surface area contributed by atoms with Crippen LogP contribution in [0.25, 0.3) is 0 Å². The second kappa shape index (κ2) is 6.93. The Morgan fingerprint density at radius 1 is 0.962 bits per heavy atom. The van der Waals surface area contributed by atoms with Crippen molar-refractivity contribution < 1.29 is 8.42 Å². The number of hydrogen-bond donors (Lipinski definition) is 1. The molecule has 1 aliphatic carbocycles. The summed E-state index contributed by atoms with van der Waals surface area (Å²) in [5.74, 6) is 0. The number of aryl methyl sites for hydroxylation is 1. The van der Waals surface area contributed by atoms with Crippen LogP contribution in [0, 0.1) is 6.92 Å². The van der Waals surface area contributed by atoms with Crippen molar-refractivity contribution in [2.75, 3.05) is 35.8 Å². The molecule has 1 N–H and O–H groups in total. The Kier molecular flexibility index (Phi) is 4.63. The van der Waals surface area contributed by atoms with Gasteiger partial charge in [0.05, 0.1) is 4.90 Å². The zero-order valence-electron chi connectivity index (χ0n) is 15.1. The number of nitrogens with one attached hydrogen (secondary N) is 1. The van der Waals surface area contributed by atoms with E-state index in [-0.39, 0.29) is 4.90 Å². The van der Waals surface area contributed by atoms with E-state index in [0.29, 0.717) is 5.69 Å². The Balaban J connectivity index is 1.41. The highest BCUT2D eigenvalue weighted by Gasteiger charge is 2.31. The standard InChI is InChI=1S/C20H25N3O2S/c1-16-3-2-4-20(15-16)26(24,25)21-17-5-7-18(8-6-17)22-11-13-23(14-12-22)19-9-10-19/h2-8,15,19,21H,9-14H2,1H3. The molecule has 1 heterocycles. The van der Waals surface area contributed by atoms with Crippen LogP contribution >= 0.6 is 0 Å². The topological polar surface area (TPSA) is 52.7 Å². The second-order valence-corrected chi connectivity index (χ2v) is 8.91. The first kappa shape index (κ1) is 17.4. The fourth-order valence-corrected chi connectivity index (χ4v) is 4.68. The highest BCUT2D eigenvalue weighted by Crippen LogP contribution is 2.29. The predicted octanol–water partition coefficient (Wildman–Crippen LogP) is 3.08. The molecule has 4 rings (SSSR count). The van der Waals surface area contributed by atoms with Crippen LogP contribution in [0.3, 0.4) is 0 Å². The number of hydrogen-bond acceptors (Lipinski definition) is 4. The van der Waals surface area contributed by atoms with Crippen LogP contribution in [0.5, 0.6) is 0 Å². The Morgan fingerprint density at radius 2 is 1.65 bits per heavy atom. The van der Waals surface area contributed by atoms with Crippen LogP contribution in [0.15, 0.2) is 53.4 Å². The monoisotopic (exact) mass is 371 g/mol. The summed E-state index contributed by atoms with van der Waals surface area (Å²) in [4.78, 5) is 5.25. The minimum absolute atomic E-state index is 0.290. The molecule has 6 heteroatoms. The number of rotatable bonds is 5. The molecule has 0 radical (unpaired) electrons. The van der Waals surface area contributed by atoms with E-state index in [0.717, 1.165) is 43.5 Å². The molecule has 1 saturated heterocycles. The van der Waals surface area contributed by atoms with Gasteiger partial charge in [0.1, 0.15) is 0 Å². The van der Waals surface area contributed by atoms with E-state index < -0.39 is 10.0 Å². The first-order chi connectivity index (χ1) is 12.5. The van der Waals surface area contributed by atoms with Crippen LogP contribution < -0.4 is 9.62 Å². The fourth-order valence-electron chi connectivity index (χ4n) is 3.52. The van der Waals surface area contributed by atoms with Gasteiger partial charge in [0, 0.05) is 43.6 Å². The molecule has 0 bridgehead atoms. The highest BCUT2D eigenvalue weighted by molar-refractivity contribution is 7.92. The number of sulfonamides is 1. The summed E-state index contributed by atoms with van der Waals surface area (Å²) in [5.41, 5.74) is 2.67. The summed E-state index contributed by atoms with van der Waals surface area (Å²) in [6.07, 6.45) is 2.71. The molecule has 1 saturated carbocycles. The van der Waals surface area contributed by atoms with Crippen molar-refractivity contribution in [3.05, 3.63) is 54.1 Å². The molecular weight excluding hydrogens is 346 g/mol. The molecule has 0 unspecified atom stereocenters. The van der Waals surface area contributed by atoms with Crippen molar-refractivity contribution in [2.45, 2.75) is 30.7 Å². The maximum atomic E-state index is 12.5. The van der Waals surface area contributed by atoms with Crippen LogP contribution in [0.2, 0.25) is 0 Å². The van der Waals surface area contributed by atoms with Gasteiger partial charge in [-0.2, -0.15) is 0 Å². The van der Waals surface area contributed by atoms with Gasteiger partial charge < -0.3 is 4.90 Å². The SMILES string of the molecule is Cc1cccc(S(=O)(=O)Nc2ccc(N3CCN(C4CC4)CC3)cc2)c1. The van der Waals surface area contributed by atoms with E-state index in [4.69, 9.17) is 0 Å². The zero-order chi connectivity index (χ0) is 18.1. The van der Waals surface area contributed by atoms with Gasteiger partial charge in [-0.3, -0.25) is 9.62 Å². The molecule has 2 aliphatic rings. The molecule has 2 aromatic carbocycles. The molecule has 1 aliphatic heterocycles. The van der Waals surface area contributed by atoms with Gasteiger partial charge in [0.15, 0.2) is 0 Å². The number of benzene rings is 2. The minimum Gasteiger partial charge on any atom is -0.369 e. The molecule has 0 amide bonds. The lowest BCUT2D eigenvalue weighted by Gasteiger charge is -2.36. The molecule has 5 nitrogen and oxygen atoms in total. The summed E-state index contributed by atoms with van der Waals surface area (Å²) in [7, 11) is -3.55. The Hall–Kier alpha value is -2.05. The summed E-state index contributed by atoms with van der Waals surface area (Å²) in [6, 6.07) is 15.5. The molecule has 2 aromatic rings. The molecule has 0 aromatic heterocycles. The fraction of sp³-hybridized carbons (Fsp3) is 0.400. The van der Waals surface area contributed by atoms with Crippen molar-refractivity contribution in [2.24, 2.45) is 0 Å². The largest absolute Gasteiger partial charge is 0.369 e. The van der Waals surface area contributed by atoms with Gasteiger partial charge >= 0.3 is 0 Å². The maximum Gasteiger partial charge on any atom is 0.261 e. The number of anilines is 2. The Morgan fingerprint density at radius 3 is 2.27 bits per heavy atom. The van der Waals surface area contributed by atoms with Crippen LogP contribution in [0.4, 0.5) is 11.4 Å². The van der Waals surface area contributed by atoms with E-state index in [2.05, 4.69) is 14.5 Å². The first-order valence-corrected chi connectivity index (χ1v) is 10.7. The molecule has 0 atom stereocenters. The van der Waals surface area contributed by atoms with Crippen molar-refractivity contribution in [3.8, 4) is 0 Å². The van der Waals surface area contributed by atoms with Crippen molar-refractivity contribution in [1.82, 2.24) is 4.90 Å². The first-order valence-electron chi connectivity index (χ1n) is 9.20. The van der Waals surface area contributed by atoms with Gasteiger partial charge in [0.2, 0.25) is 0 Å². The van der Waals surface area contributed by atoms with Gasteiger partial charge in [0.25, 0.3) is 10.0 Å². The lowest BCUT2D eigenvalue weighted by molar-refractivity contribution is 0.248. The lowest BCUT2D eigenvalue weighted by atomic mass is 10.2. The summed E-state index contributed by atoms with van der Waals surface area (Å²) in [5, 5.41) is 0. The molecule has 0 spiro atoms. The average Bonchev–Trinajstić information content (AvgIpc) is 3.47. The van der Waals surface area contributed by atoms with E-state index in [1.807, 2.05) is 37.3 Å². The predicted molar refractivity (Wildman–Crippen MR) is 105 cm³/mol. The molecule has 26 heavy (non-hydrogen) atoms. The van der Waals surface area contributed by atoms with Crippen LogP contribution in [0.1, 0.15) is 18.4 Å². The third kappa shape index (κ3) is 3.86. The van der Waals surface area contributed by atoms with Gasteiger partial charge in [-0.1, -0.05) is 12.1 Å². The van der Waals surface area contributed by atoms with E-state index >= 15 is 0 Å². The number of nitrogens with zero attached hydrogens (tertiary/aromatic N) is 2. The lowest BCUT2D eigenvalue weighted by Crippen LogP contribution is -2.47. The van der Waals surface area contributed by atoms with Gasteiger partial charge in [-0.15, -0.1) is 0 Å². The second-order valence-electron chi connectivity index (χ2n) is 7.22. The highest BCUT2D eigenvalue weighted by atomic mass is 32.2. The third-order valence-electron chi connectivity index (χ3n) is 5.16. The minimum atomic E-state index is -3.55. The maximum absolute atomic E-state index is 12.5. The quantitative estimate of drug-likeness (QED) is 0.878. The van der Waals surface area contributed by atoms with E-state index in [9.17, 15) is 8.42 Å². The Labute approximate surface area is 155 Å². The molecular formula is C20H25N3O2S. The van der Waals surface area contributed by atoms with Crippen molar-refractivity contribution >= 4 is 21.4 Å². The van der Waals surface area contributed by atoms with Crippen LogP contribution in [-0.2, 0) is 10.0 Å². The molecule has 2 fully saturated rings. The zero-order valence-corrected chi connectivity index (χ0v) is 15.9. The van der Waals surface area contributed by atoms with Crippen LogP contribution in [-0.4, -0.2) is 45.5 Å². The normalized spacial score (nSPS) is 18.7. The summed E-state index contributed by atoms with van der Waals surface area (Å²) in [6.45, 7) is 6.19. The average molecular weight is 372 g/mol. The Bertz CT molecular complexity index is 868. The van der Waals surface area contributed by atoms with E-state index in [1.54, 1.807) is 18.2 Å². The molecule has 138 valence electrons. The smallest absolute Gasteiger partial charge is 0.261 e. The number of piperazine rings is 1. The third-order valence-corrected chi connectivity index (χ3v) is 6.54. The summed E-state index contributed by atoms with van der Waals surface area (Å²) < 4.78 is 27.7. The van der Waals surface area contributed by atoms with Crippen molar-refractivity contribution in [3.63, 3.8) is 0 Å². The van der Waals surface area contributed by atoms with E-state index in [1.165, 1.54) is 12.8 Å². The van der Waals surface area contributed by atoms with Gasteiger partial charge in [-0.05, 0) is 61.7 Å².